The third-order valence-electron chi connectivity index (χ3n) is 4.95. The number of aryl methyl sites for hydroxylation is 1. The van der Waals surface area contributed by atoms with Crippen LogP contribution in [0.4, 0.5) is 11.8 Å². The van der Waals surface area contributed by atoms with E-state index in [1.54, 1.807) is 0 Å². The molecule has 0 radical (unpaired) electrons. The summed E-state index contributed by atoms with van der Waals surface area (Å²) in [6.45, 7) is 6.03. The zero-order chi connectivity index (χ0) is 17.5. The third kappa shape index (κ3) is 5.18. The Morgan fingerprint density at radius 3 is 2.44 bits per heavy atom. The van der Waals surface area contributed by atoms with Crippen LogP contribution in [0.1, 0.15) is 56.7 Å². The van der Waals surface area contributed by atoms with E-state index in [-0.39, 0.29) is 0 Å². The lowest BCUT2D eigenvalue weighted by Crippen LogP contribution is -2.25. The molecule has 1 saturated carbocycles. The predicted octanol–water partition coefficient (Wildman–Crippen LogP) is 4.95. The summed E-state index contributed by atoms with van der Waals surface area (Å²) < 4.78 is 0. The molecule has 25 heavy (non-hydrogen) atoms. The third-order valence-corrected chi connectivity index (χ3v) is 4.95. The summed E-state index contributed by atoms with van der Waals surface area (Å²) >= 11 is 0. The summed E-state index contributed by atoms with van der Waals surface area (Å²) in [6.07, 6.45) is 7.80. The highest BCUT2D eigenvalue weighted by Crippen LogP contribution is 2.22. The van der Waals surface area contributed by atoms with Gasteiger partial charge in [0.2, 0.25) is 5.95 Å². The summed E-state index contributed by atoms with van der Waals surface area (Å²) in [5.41, 5.74) is 2.33. The van der Waals surface area contributed by atoms with Crippen LogP contribution in [-0.2, 0) is 6.54 Å². The molecule has 1 aromatic heterocycles. The maximum absolute atomic E-state index is 4.83. The summed E-state index contributed by atoms with van der Waals surface area (Å²) in [4.78, 5) is 11.8. The van der Waals surface area contributed by atoms with Gasteiger partial charge >= 0.3 is 0 Å². The fourth-order valence-corrected chi connectivity index (χ4v) is 3.54. The molecule has 1 heterocycles. The Labute approximate surface area is 151 Å². The monoisotopic (exact) mass is 338 g/mol. The molecule has 0 aliphatic heterocycles. The summed E-state index contributed by atoms with van der Waals surface area (Å²) in [6, 6.07) is 13.2. The first-order chi connectivity index (χ1) is 12.2. The molecule has 3 rings (SSSR count). The first kappa shape index (κ1) is 17.7. The van der Waals surface area contributed by atoms with Crippen LogP contribution in [0.5, 0.6) is 0 Å². The lowest BCUT2D eigenvalue weighted by molar-refractivity contribution is 0.614. The van der Waals surface area contributed by atoms with Crippen molar-refractivity contribution in [3.63, 3.8) is 0 Å². The summed E-state index contributed by atoms with van der Waals surface area (Å²) in [5, 5.41) is 3.60. The van der Waals surface area contributed by atoms with Crippen molar-refractivity contribution in [2.75, 3.05) is 16.8 Å². The van der Waals surface area contributed by atoms with Crippen molar-refractivity contribution in [1.29, 1.82) is 0 Å². The van der Waals surface area contributed by atoms with Crippen molar-refractivity contribution in [2.45, 2.75) is 65.0 Å². The Kier molecular flexibility index (Phi) is 6.26. The largest absolute Gasteiger partial charge is 0.352 e. The van der Waals surface area contributed by atoms with Crippen LogP contribution >= 0.6 is 0 Å². The molecule has 1 aliphatic carbocycles. The van der Waals surface area contributed by atoms with Gasteiger partial charge in [0.1, 0.15) is 5.82 Å². The summed E-state index contributed by atoms with van der Waals surface area (Å²) in [7, 11) is 0. The second kappa shape index (κ2) is 8.84. The van der Waals surface area contributed by atoms with E-state index in [0.29, 0.717) is 6.04 Å². The molecule has 1 N–H and O–H groups in total. The van der Waals surface area contributed by atoms with Crippen LogP contribution < -0.4 is 10.2 Å². The molecule has 0 spiro atoms. The first-order valence-corrected chi connectivity index (χ1v) is 9.65. The van der Waals surface area contributed by atoms with Gasteiger partial charge in [-0.3, -0.25) is 0 Å². The second-order valence-electron chi connectivity index (χ2n) is 7.02. The van der Waals surface area contributed by atoms with Gasteiger partial charge in [-0.1, -0.05) is 56.0 Å². The lowest BCUT2D eigenvalue weighted by Gasteiger charge is -2.24. The van der Waals surface area contributed by atoms with E-state index >= 15 is 0 Å². The molecule has 0 atom stereocenters. The normalized spacial score (nSPS) is 15.6. The molecule has 0 amide bonds. The maximum atomic E-state index is 4.83. The fraction of sp³-hybridized carbons (Fsp3) is 0.524. The second-order valence-corrected chi connectivity index (χ2v) is 7.02. The van der Waals surface area contributed by atoms with Crippen molar-refractivity contribution >= 4 is 11.8 Å². The smallest absolute Gasteiger partial charge is 0.225 e. The minimum atomic E-state index is 0.515. The number of nitrogens with zero attached hydrogens (tertiary/aromatic N) is 3. The molecule has 134 valence electrons. The predicted molar refractivity (Wildman–Crippen MR) is 105 cm³/mol. The molecule has 0 bridgehead atoms. The van der Waals surface area contributed by atoms with E-state index in [1.807, 2.05) is 0 Å². The van der Waals surface area contributed by atoms with Gasteiger partial charge < -0.3 is 10.2 Å². The molecule has 4 heteroatoms. The Morgan fingerprint density at radius 2 is 1.76 bits per heavy atom. The molecule has 1 aromatic carbocycles. The van der Waals surface area contributed by atoms with Gasteiger partial charge in [-0.15, -0.1) is 0 Å². The number of rotatable bonds is 6. The molecule has 1 fully saturated rings. The Morgan fingerprint density at radius 1 is 1.04 bits per heavy atom. The van der Waals surface area contributed by atoms with Crippen LogP contribution in [0.3, 0.4) is 0 Å². The summed E-state index contributed by atoms with van der Waals surface area (Å²) in [5.74, 6) is 1.79. The molecular formula is C21H30N4. The highest BCUT2D eigenvalue weighted by Gasteiger charge is 2.15. The standard InChI is InChI=1S/C21H30N4/c1-3-25(16-18-11-7-6-8-12-18)20-15-17(2)22-21(24-20)23-19-13-9-4-5-10-14-19/h6-8,11-12,15,19H,3-5,9-10,13-14,16H2,1-2H3,(H,22,23,24). The highest BCUT2D eigenvalue weighted by atomic mass is 15.2. The zero-order valence-electron chi connectivity index (χ0n) is 15.5. The van der Waals surface area contributed by atoms with Crippen molar-refractivity contribution in [3.05, 3.63) is 47.7 Å². The van der Waals surface area contributed by atoms with Crippen LogP contribution in [0, 0.1) is 6.92 Å². The average Bonchev–Trinajstić information content (AvgIpc) is 2.88. The van der Waals surface area contributed by atoms with Crippen molar-refractivity contribution in [2.24, 2.45) is 0 Å². The van der Waals surface area contributed by atoms with E-state index in [0.717, 1.165) is 30.5 Å². The van der Waals surface area contributed by atoms with Crippen LogP contribution in [0.15, 0.2) is 36.4 Å². The number of aromatic nitrogens is 2. The van der Waals surface area contributed by atoms with Gasteiger partial charge in [0.05, 0.1) is 0 Å². The Hall–Kier alpha value is -2.10. The topological polar surface area (TPSA) is 41.1 Å². The van der Waals surface area contributed by atoms with Crippen LogP contribution in [0.2, 0.25) is 0 Å². The maximum Gasteiger partial charge on any atom is 0.225 e. The van der Waals surface area contributed by atoms with E-state index < -0.39 is 0 Å². The Balaban J connectivity index is 1.74. The molecule has 2 aromatic rings. The van der Waals surface area contributed by atoms with E-state index in [2.05, 4.69) is 65.4 Å². The van der Waals surface area contributed by atoms with Crippen molar-refractivity contribution in [3.8, 4) is 0 Å². The van der Waals surface area contributed by atoms with E-state index in [1.165, 1.54) is 44.1 Å². The molecule has 4 nitrogen and oxygen atoms in total. The first-order valence-electron chi connectivity index (χ1n) is 9.65. The fourth-order valence-electron chi connectivity index (χ4n) is 3.54. The van der Waals surface area contributed by atoms with Crippen LogP contribution in [-0.4, -0.2) is 22.6 Å². The van der Waals surface area contributed by atoms with Gasteiger partial charge in [0, 0.05) is 30.9 Å². The molecular weight excluding hydrogens is 308 g/mol. The van der Waals surface area contributed by atoms with E-state index in [9.17, 15) is 0 Å². The number of nitrogens with one attached hydrogen (secondary N) is 1. The van der Waals surface area contributed by atoms with Crippen molar-refractivity contribution in [1.82, 2.24) is 9.97 Å². The SMILES string of the molecule is CCN(Cc1ccccc1)c1cc(C)nc(NC2CCCCCC2)n1. The van der Waals surface area contributed by atoms with Crippen molar-refractivity contribution < 1.29 is 0 Å². The van der Waals surface area contributed by atoms with Gasteiger partial charge in [-0.05, 0) is 32.3 Å². The molecule has 0 unspecified atom stereocenters. The van der Waals surface area contributed by atoms with E-state index in [4.69, 9.17) is 4.98 Å². The van der Waals surface area contributed by atoms with Gasteiger partial charge in [0.25, 0.3) is 0 Å². The zero-order valence-corrected chi connectivity index (χ0v) is 15.5. The van der Waals surface area contributed by atoms with Gasteiger partial charge in [0.15, 0.2) is 0 Å². The quantitative estimate of drug-likeness (QED) is 0.757. The lowest BCUT2D eigenvalue weighted by atomic mass is 10.1. The van der Waals surface area contributed by atoms with Gasteiger partial charge in [-0.2, -0.15) is 4.98 Å². The number of benzene rings is 1. The minimum absolute atomic E-state index is 0.515. The minimum Gasteiger partial charge on any atom is -0.352 e. The number of anilines is 2. The number of hydrogen-bond acceptors (Lipinski definition) is 4. The molecule has 0 saturated heterocycles. The molecule has 1 aliphatic rings. The van der Waals surface area contributed by atoms with Gasteiger partial charge in [-0.25, -0.2) is 4.98 Å². The average molecular weight is 338 g/mol. The van der Waals surface area contributed by atoms with Crippen LogP contribution in [0.25, 0.3) is 0 Å². The number of hydrogen-bond donors (Lipinski definition) is 1. The Bertz CT molecular complexity index is 648. The highest BCUT2D eigenvalue weighted by molar-refractivity contribution is 5.45.